The second-order valence-corrected chi connectivity index (χ2v) is 15.0. The van der Waals surface area contributed by atoms with Gasteiger partial charge in [-0.2, -0.15) is 0 Å². The fourth-order valence-corrected chi connectivity index (χ4v) is 10.5. The first-order chi connectivity index (χ1) is 11.4. The molecule has 0 aliphatic carbocycles. The SMILES string of the molecule is COOPP(=O)(O)O[P+](C)=O.COOPP(=O)(O[P+](C)=O)O[P+](C)=O. The van der Waals surface area contributed by atoms with Crippen LogP contribution in [-0.4, -0.2) is 39.1 Å². The van der Waals surface area contributed by atoms with Gasteiger partial charge in [-0.25, -0.2) is 28.3 Å². The maximum absolute atomic E-state index is 11.6. The van der Waals surface area contributed by atoms with E-state index in [1.165, 1.54) is 34.2 Å². The first-order valence-electron chi connectivity index (χ1n) is 5.56. The van der Waals surface area contributed by atoms with E-state index in [0.29, 0.717) is 0 Å². The largest absolute Gasteiger partial charge is 0.514 e. The average Bonchev–Trinajstić information content (AvgIpc) is 2.40. The van der Waals surface area contributed by atoms with Gasteiger partial charge < -0.3 is 4.89 Å². The lowest BCUT2D eigenvalue weighted by Gasteiger charge is -2.02. The Bertz CT molecular complexity index is 515. The third kappa shape index (κ3) is 19.9. The Balaban J connectivity index is 0. The van der Waals surface area contributed by atoms with Crippen LogP contribution in [0.25, 0.3) is 0 Å². The molecule has 0 aliphatic rings. The second-order valence-electron chi connectivity index (χ2n) is 3.26. The molecule has 0 radical (unpaired) electrons. The van der Waals surface area contributed by atoms with Crippen LogP contribution in [0.15, 0.2) is 0 Å². The van der Waals surface area contributed by atoms with Gasteiger partial charge in [0.2, 0.25) is 0 Å². The van der Waals surface area contributed by atoms with Gasteiger partial charge in [0, 0.05) is 0 Å². The van der Waals surface area contributed by atoms with Crippen LogP contribution in [0.1, 0.15) is 0 Å². The van der Waals surface area contributed by atoms with Gasteiger partial charge in [-0.3, -0.25) is 0 Å². The molecule has 20 heteroatoms. The van der Waals surface area contributed by atoms with Crippen LogP contribution < -0.4 is 0 Å². The zero-order chi connectivity index (χ0) is 20.1. The van der Waals surface area contributed by atoms with Gasteiger partial charge in [-0.15, -0.1) is 0 Å². The molecule has 0 saturated carbocycles. The van der Waals surface area contributed by atoms with Gasteiger partial charge in [0.15, 0.2) is 37.0 Å². The molecule has 0 saturated heterocycles. The van der Waals surface area contributed by atoms with Crippen molar-refractivity contribution in [2.24, 2.45) is 0 Å². The van der Waals surface area contributed by atoms with E-state index in [2.05, 4.69) is 32.1 Å². The Hall–Kier alpha value is 1.30. The minimum atomic E-state index is -3.87. The summed E-state index contributed by atoms with van der Waals surface area (Å²) >= 11 is 0. The molecule has 0 aliphatic heterocycles. The minimum absolute atomic E-state index is 0.817. The molecule has 1 N–H and O–H groups in total. The van der Waals surface area contributed by atoms with Crippen molar-refractivity contribution < 1.29 is 59.8 Å². The lowest BCUT2D eigenvalue weighted by atomic mass is 11.8. The maximum atomic E-state index is 11.6. The van der Waals surface area contributed by atoms with Gasteiger partial charge in [0.1, 0.15) is 0 Å². The summed E-state index contributed by atoms with van der Waals surface area (Å²) in [6.45, 7) is 3.58. The van der Waals surface area contributed by atoms with Crippen LogP contribution in [0.2, 0.25) is 0 Å². The Morgan fingerprint density at radius 3 is 1.44 bits per heavy atom. The van der Waals surface area contributed by atoms with E-state index in [1.807, 2.05) is 0 Å². The zero-order valence-electron chi connectivity index (χ0n) is 13.6. The number of rotatable bonds is 12. The number of hydrogen-bond acceptors (Lipinski definition) is 12. The second kappa shape index (κ2) is 15.2. The van der Waals surface area contributed by atoms with E-state index in [4.69, 9.17) is 4.89 Å². The van der Waals surface area contributed by atoms with Gasteiger partial charge in [0.05, 0.1) is 14.2 Å². The molecule has 6 atom stereocenters. The summed E-state index contributed by atoms with van der Waals surface area (Å²) < 4.78 is 75.8. The van der Waals surface area contributed by atoms with Crippen LogP contribution in [-0.2, 0) is 54.9 Å². The highest BCUT2D eigenvalue weighted by atomic mass is 32.1. The predicted octanol–water partition coefficient (Wildman–Crippen LogP) is 4.69. The minimum Gasteiger partial charge on any atom is -0.317 e. The molecule has 0 amide bonds. The van der Waals surface area contributed by atoms with Crippen LogP contribution in [0.4, 0.5) is 0 Å². The molecule has 25 heavy (non-hydrogen) atoms. The van der Waals surface area contributed by atoms with Crippen molar-refractivity contribution in [2.45, 2.75) is 0 Å². The van der Waals surface area contributed by atoms with E-state index < -0.39 is 55.6 Å². The van der Waals surface area contributed by atoms with Crippen molar-refractivity contribution >= 4 is 55.6 Å². The van der Waals surface area contributed by atoms with E-state index in [9.17, 15) is 22.8 Å². The predicted molar refractivity (Wildman–Crippen MR) is 94.1 cm³/mol. The lowest BCUT2D eigenvalue weighted by molar-refractivity contribution is -0.164. The maximum Gasteiger partial charge on any atom is 0.514 e. The first kappa shape index (κ1) is 28.5. The molecule has 0 heterocycles. The van der Waals surface area contributed by atoms with Crippen LogP contribution in [0.5, 0.6) is 0 Å². The number of hydrogen-bond donors (Lipinski definition) is 1. The van der Waals surface area contributed by atoms with Crippen molar-refractivity contribution in [3.05, 3.63) is 0 Å². The highest BCUT2D eigenvalue weighted by Gasteiger charge is 2.42. The summed E-state index contributed by atoms with van der Waals surface area (Å²) in [4.78, 5) is 17.0. The monoisotopic (exact) mass is 503 g/mol. The summed E-state index contributed by atoms with van der Waals surface area (Å²) in [6.07, 6.45) is 0. The third-order valence-electron chi connectivity index (χ3n) is 1.14. The van der Waals surface area contributed by atoms with E-state index in [1.54, 1.807) is 0 Å². The van der Waals surface area contributed by atoms with E-state index in [-0.39, 0.29) is 0 Å². The Morgan fingerprint density at radius 1 is 0.760 bits per heavy atom. The highest BCUT2D eigenvalue weighted by Crippen LogP contribution is 2.72. The van der Waals surface area contributed by atoms with Crippen LogP contribution in [0, 0.1) is 0 Å². The lowest BCUT2D eigenvalue weighted by Crippen LogP contribution is -1.81. The Kier molecular flexibility index (Phi) is 17.4. The third-order valence-corrected chi connectivity index (χ3v) is 11.5. The van der Waals surface area contributed by atoms with Gasteiger partial charge >= 0.3 is 38.7 Å². The molecular formula is C5H18O13P7+3. The molecule has 0 aromatic rings. The smallest absolute Gasteiger partial charge is 0.317 e. The Morgan fingerprint density at radius 2 is 1.12 bits per heavy atom. The molecule has 0 rings (SSSR count). The molecule has 6 unspecified atom stereocenters. The zero-order valence-corrected chi connectivity index (χ0v) is 20.1. The average molecular weight is 503 g/mol. The summed E-state index contributed by atoms with van der Waals surface area (Å²) in [7, 11) is -13.2. The van der Waals surface area contributed by atoms with E-state index in [0.717, 1.165) is 0 Å². The molecule has 0 fully saturated rings. The summed E-state index contributed by atoms with van der Waals surface area (Å²) in [5.74, 6) is 0. The van der Waals surface area contributed by atoms with Crippen LogP contribution >= 0.6 is 55.6 Å². The summed E-state index contributed by atoms with van der Waals surface area (Å²) in [5, 5.41) is 0. The summed E-state index contributed by atoms with van der Waals surface area (Å²) in [6, 6.07) is 0. The van der Waals surface area contributed by atoms with Gasteiger partial charge in [0.25, 0.3) is 0 Å². The van der Waals surface area contributed by atoms with Crippen molar-refractivity contribution in [1.29, 1.82) is 0 Å². The van der Waals surface area contributed by atoms with Crippen LogP contribution in [0.3, 0.4) is 0 Å². The normalized spacial score (nSPS) is 18.4. The quantitative estimate of drug-likeness (QED) is 0.221. The molecule has 0 bridgehead atoms. The van der Waals surface area contributed by atoms with Gasteiger partial charge in [-0.05, 0) is 22.3 Å². The highest BCUT2D eigenvalue weighted by molar-refractivity contribution is 8.20. The fraction of sp³-hybridized carbons (Fsp3) is 1.00. The first-order valence-corrected chi connectivity index (χ1v) is 17.0. The molecule has 0 aromatic carbocycles. The van der Waals surface area contributed by atoms with Crippen molar-refractivity contribution in [3.63, 3.8) is 0 Å². The summed E-state index contributed by atoms with van der Waals surface area (Å²) in [5.41, 5.74) is 0. The molecule has 13 nitrogen and oxygen atoms in total. The Labute approximate surface area is 150 Å². The topological polar surface area (TPSA) is 170 Å². The van der Waals surface area contributed by atoms with Crippen molar-refractivity contribution in [1.82, 2.24) is 0 Å². The molecular weight excluding hydrogens is 485 g/mol. The fourth-order valence-electron chi connectivity index (χ4n) is 0.691. The molecule has 0 spiro atoms. The standard InChI is InChI=1S/C3H10O7P4.C2H7O6P3/c1-7-8-11-14(6,9-12(2)4)10-13(3)5;1-6-7-9-11(4,5)8-10(2)3/h11H,1-3H3;9H,1-2H3/q+2;/p+1. The van der Waals surface area contributed by atoms with Gasteiger partial charge in [-0.1, -0.05) is 4.31 Å². The molecule has 148 valence electrons. The van der Waals surface area contributed by atoms with Crippen molar-refractivity contribution in [3.8, 4) is 0 Å². The van der Waals surface area contributed by atoms with Crippen molar-refractivity contribution in [2.75, 3.05) is 34.2 Å². The molecule has 0 aromatic heterocycles. The van der Waals surface area contributed by atoms with E-state index >= 15 is 0 Å².